The van der Waals surface area contributed by atoms with Gasteiger partial charge in [0.2, 0.25) is 0 Å². The minimum absolute atomic E-state index is 2.12. The lowest BCUT2D eigenvalue weighted by atomic mass is 10.4. The Morgan fingerprint density at radius 2 is 0.311 bits per heavy atom. The van der Waals surface area contributed by atoms with E-state index in [1.54, 1.807) is 0 Å². The maximum absolute atomic E-state index is 4.93. The summed E-state index contributed by atoms with van der Waals surface area (Å²) >= 11 is 0. The van der Waals surface area contributed by atoms with Crippen molar-refractivity contribution >= 4 is 0 Å². The van der Waals surface area contributed by atoms with Gasteiger partial charge in [-0.25, -0.2) is 0 Å². The maximum Gasteiger partial charge on any atom is 0.0316 e. The minimum Gasteiger partial charge on any atom is -0.272 e. The Morgan fingerprint density at radius 1 is 0.178 bits per heavy atom. The summed E-state index contributed by atoms with van der Waals surface area (Å²) in [6.07, 6.45) is 9.87. The number of rotatable bonds is 0. The monoisotopic (exact) mass is 545 g/mol. The van der Waals surface area contributed by atoms with Crippen LogP contribution in [0.2, 0.25) is 0 Å². The van der Waals surface area contributed by atoms with Crippen LogP contribution >= 0.6 is 0 Å². The van der Waals surface area contributed by atoms with Gasteiger partial charge in [0, 0.05) is 154 Å². The molecule has 0 fully saturated rings. The molecule has 1 N–H and O–H groups in total. The predicted octanol–water partition coefficient (Wildman–Crippen LogP) is -0.175. The number of nitrogens with one attached hydrogen (secondary N) is 1. The van der Waals surface area contributed by atoms with Crippen molar-refractivity contribution in [2.75, 3.05) is 0 Å². The van der Waals surface area contributed by atoms with Crippen LogP contribution in [-0.4, -0.2) is 0 Å². The Labute approximate surface area is 266 Å². The Morgan fingerprint density at radius 3 is 0.467 bits per heavy atom. The Bertz CT molecular complexity index is 2440. The second kappa shape index (κ2) is 34.1. The van der Waals surface area contributed by atoms with E-state index in [1.807, 2.05) is 0 Å². The summed E-state index contributed by atoms with van der Waals surface area (Å²) in [6.45, 7) is 0. The summed E-state index contributed by atoms with van der Waals surface area (Å²) in [4.78, 5) is 0. The van der Waals surface area contributed by atoms with Gasteiger partial charge >= 0.3 is 0 Å². The standard InChI is InChI=1S/C44H3N/c1-3-5-7-9-11-13-15-17-19-21-23-25-27-29-31-33-35-37-39-41-43-45-44-42-40-38-36-34-32-30-28-26-24-22-20-18-16-14-12-10-8-6-4-2/h1-2,45H. The highest BCUT2D eigenvalue weighted by Crippen LogP contribution is 1.61. The minimum atomic E-state index is 2.12. The molecule has 45 heavy (non-hydrogen) atoms. The average Bonchev–Trinajstić information content (AvgIpc) is 3.05. The molecule has 1 nitrogen and oxygen atoms in total. The first-order valence-corrected chi connectivity index (χ1v) is 11.1. The van der Waals surface area contributed by atoms with E-state index in [4.69, 9.17) is 12.8 Å². The Hall–Kier alpha value is -9.88. The molecule has 0 saturated heterocycles. The second-order valence-corrected chi connectivity index (χ2v) is 5.41. The third-order valence-electron chi connectivity index (χ3n) is 2.64. The van der Waals surface area contributed by atoms with Crippen LogP contribution in [0.15, 0.2) is 0 Å². The van der Waals surface area contributed by atoms with Gasteiger partial charge in [-0.2, -0.15) is 0 Å². The highest BCUT2D eigenvalue weighted by Gasteiger charge is 1.62. The Kier molecular flexibility index (Phi) is 26.6. The van der Waals surface area contributed by atoms with Crippen LogP contribution < -0.4 is 5.32 Å². The van der Waals surface area contributed by atoms with Gasteiger partial charge in [0.25, 0.3) is 0 Å². The first-order chi connectivity index (χ1) is 22.4. The smallest absolute Gasteiger partial charge is 0.0316 e. The molecule has 0 heterocycles. The maximum atomic E-state index is 4.93. The van der Waals surface area contributed by atoms with Crippen LogP contribution in [0.1, 0.15) is 0 Å². The molecule has 0 rings (SSSR count). The van der Waals surface area contributed by atoms with Crippen molar-refractivity contribution in [1.82, 2.24) is 5.32 Å². The van der Waals surface area contributed by atoms with Crippen LogP contribution in [0.4, 0.5) is 0 Å². The van der Waals surface area contributed by atoms with E-state index in [0.717, 1.165) is 0 Å². The molecule has 0 aromatic heterocycles. The molecule has 0 aromatic carbocycles. The largest absolute Gasteiger partial charge is 0.272 e. The molecule has 0 bridgehead atoms. The lowest BCUT2D eigenvalue weighted by Gasteiger charge is -1.70. The van der Waals surface area contributed by atoms with Gasteiger partial charge in [-0.15, -0.1) is 12.8 Å². The van der Waals surface area contributed by atoms with Gasteiger partial charge in [0.05, 0.1) is 0 Å². The molecule has 0 amide bonds. The molecule has 1 heteroatoms. The lowest BCUT2D eigenvalue weighted by molar-refractivity contribution is 1.34. The summed E-state index contributed by atoms with van der Waals surface area (Å²) in [5.41, 5.74) is 0. The first kappa shape index (κ1) is 35.1. The lowest BCUT2D eigenvalue weighted by Crippen LogP contribution is -1.91. The quantitative estimate of drug-likeness (QED) is 0.330. The molecule has 0 aliphatic heterocycles. The molecule has 0 spiro atoms. The third kappa shape index (κ3) is 34.1. The fraction of sp³-hybridized carbons (Fsp3) is 0. The summed E-state index contributed by atoms with van der Waals surface area (Å²) in [6, 6.07) is 4.99. The van der Waals surface area contributed by atoms with Crippen molar-refractivity contribution < 1.29 is 0 Å². The molecule has 0 aromatic rings. The summed E-state index contributed by atoms with van der Waals surface area (Å²) in [5, 5.41) is 2.49. The second-order valence-electron chi connectivity index (χ2n) is 5.41. The Balaban J connectivity index is 4.46. The van der Waals surface area contributed by atoms with Gasteiger partial charge < -0.3 is 0 Å². The van der Waals surface area contributed by atoms with Crippen LogP contribution in [0, 0.1) is 262 Å². The molecule has 0 radical (unpaired) electrons. The van der Waals surface area contributed by atoms with Crippen LogP contribution in [0.3, 0.4) is 0 Å². The van der Waals surface area contributed by atoms with Crippen molar-refractivity contribution in [2.45, 2.75) is 0 Å². The number of hydrogen-bond acceptors (Lipinski definition) is 1. The van der Waals surface area contributed by atoms with Crippen molar-refractivity contribution in [3.8, 4) is 262 Å². The van der Waals surface area contributed by atoms with Crippen molar-refractivity contribution in [2.24, 2.45) is 0 Å². The predicted molar refractivity (Wildman–Crippen MR) is 176 cm³/mol. The van der Waals surface area contributed by atoms with Crippen molar-refractivity contribution in [3.05, 3.63) is 0 Å². The van der Waals surface area contributed by atoms with Crippen molar-refractivity contribution in [3.63, 3.8) is 0 Å². The van der Waals surface area contributed by atoms with Crippen LogP contribution in [-0.2, 0) is 0 Å². The highest BCUT2D eigenvalue weighted by atomic mass is 14.8. The highest BCUT2D eigenvalue weighted by molar-refractivity contribution is 5.49. The van der Waals surface area contributed by atoms with Gasteiger partial charge in [0.1, 0.15) is 0 Å². The van der Waals surface area contributed by atoms with E-state index < -0.39 is 0 Å². The zero-order valence-corrected chi connectivity index (χ0v) is 22.7. The van der Waals surface area contributed by atoms with Crippen LogP contribution in [0.5, 0.6) is 0 Å². The first-order valence-electron chi connectivity index (χ1n) is 11.1. The fourth-order valence-electron chi connectivity index (χ4n) is 1.29. The average molecular weight is 546 g/mol. The normalized spacial score (nSPS) is 3.96. The van der Waals surface area contributed by atoms with E-state index in [0.29, 0.717) is 0 Å². The summed E-state index contributed by atoms with van der Waals surface area (Å²) < 4.78 is 0. The van der Waals surface area contributed by atoms with Gasteiger partial charge in [-0.3, -0.25) is 5.32 Å². The number of terminal acetylenes is 2. The SMILES string of the molecule is C#CC#CC#CC#CC#CC#CC#CC#CC#CC#CC#CNC#CC#CC#CC#CC#CC#CC#CC#CC#CC#CC#C. The molecule has 0 aliphatic rings. The third-order valence-corrected chi connectivity index (χ3v) is 2.64. The van der Waals surface area contributed by atoms with E-state index in [1.165, 1.54) is 0 Å². The molecule has 0 unspecified atom stereocenters. The van der Waals surface area contributed by atoms with Gasteiger partial charge in [-0.1, -0.05) is 0 Å². The molecule has 0 atom stereocenters. The zero-order valence-electron chi connectivity index (χ0n) is 22.7. The van der Waals surface area contributed by atoms with Crippen LogP contribution in [0.25, 0.3) is 0 Å². The van der Waals surface area contributed by atoms with Gasteiger partial charge in [0.15, 0.2) is 0 Å². The summed E-state index contributed by atoms with van der Waals surface area (Å²) in [5.74, 6) is 98.1. The van der Waals surface area contributed by atoms with E-state index in [-0.39, 0.29) is 0 Å². The fourth-order valence-corrected chi connectivity index (χ4v) is 1.29. The van der Waals surface area contributed by atoms with E-state index >= 15 is 0 Å². The molecule has 0 saturated carbocycles. The van der Waals surface area contributed by atoms with Crippen molar-refractivity contribution in [1.29, 1.82) is 0 Å². The topological polar surface area (TPSA) is 12.0 Å². The number of hydrogen-bond donors (Lipinski definition) is 1. The molecular formula is C44H3N. The molecule has 184 valence electrons. The summed E-state index contributed by atoms with van der Waals surface area (Å²) in [7, 11) is 0. The molecule has 0 aliphatic carbocycles. The van der Waals surface area contributed by atoms with Gasteiger partial charge in [-0.05, 0) is 94.7 Å². The van der Waals surface area contributed by atoms with E-state index in [2.05, 4.69) is 254 Å². The van der Waals surface area contributed by atoms with E-state index in [9.17, 15) is 0 Å². The zero-order chi connectivity index (χ0) is 32.4. The molecular weight excluding hydrogens is 542 g/mol.